The molecule has 0 saturated carbocycles. The third kappa shape index (κ3) is 4.13. The molecule has 1 aliphatic rings. The van der Waals surface area contributed by atoms with E-state index in [0.717, 1.165) is 62.4 Å². The number of hydrogen-bond donors (Lipinski definition) is 1. The Kier molecular flexibility index (Phi) is 5.46. The van der Waals surface area contributed by atoms with Gasteiger partial charge < -0.3 is 15.1 Å². The van der Waals surface area contributed by atoms with Gasteiger partial charge >= 0.3 is 0 Å². The predicted molar refractivity (Wildman–Crippen MR) is 98.8 cm³/mol. The molecule has 2 aromatic rings. The Bertz CT molecular complexity index is 637. The highest BCUT2D eigenvalue weighted by atomic mass is 15.3. The predicted octanol–water partition coefficient (Wildman–Crippen LogP) is 2.72. The van der Waals surface area contributed by atoms with Crippen LogP contribution in [0.4, 0.5) is 17.6 Å². The van der Waals surface area contributed by atoms with E-state index in [1.807, 2.05) is 25.3 Å². The molecule has 1 N–H and O–H groups in total. The number of pyridine rings is 1. The van der Waals surface area contributed by atoms with Crippen molar-refractivity contribution < 1.29 is 0 Å². The van der Waals surface area contributed by atoms with Crippen LogP contribution in [-0.2, 0) is 0 Å². The van der Waals surface area contributed by atoms with Crippen molar-refractivity contribution in [3.8, 4) is 0 Å². The SMILES string of the molecule is CCCCNc1nc(C)cc(N2CCN(c3ccccn3)CC2)n1. The van der Waals surface area contributed by atoms with Crippen molar-refractivity contribution in [2.45, 2.75) is 26.7 Å². The largest absolute Gasteiger partial charge is 0.354 e. The van der Waals surface area contributed by atoms with Gasteiger partial charge in [-0.2, -0.15) is 4.98 Å². The summed E-state index contributed by atoms with van der Waals surface area (Å²) in [5.41, 5.74) is 1.01. The van der Waals surface area contributed by atoms with Crippen LogP contribution in [0.3, 0.4) is 0 Å². The summed E-state index contributed by atoms with van der Waals surface area (Å²) in [6.07, 6.45) is 4.15. The Morgan fingerprint density at radius 2 is 1.79 bits per heavy atom. The van der Waals surface area contributed by atoms with E-state index in [0.29, 0.717) is 0 Å². The lowest BCUT2D eigenvalue weighted by Gasteiger charge is -2.36. The van der Waals surface area contributed by atoms with Crippen LogP contribution in [0, 0.1) is 6.92 Å². The third-order valence-electron chi connectivity index (χ3n) is 4.23. The van der Waals surface area contributed by atoms with E-state index >= 15 is 0 Å². The maximum atomic E-state index is 4.70. The number of aryl methyl sites for hydroxylation is 1. The zero-order chi connectivity index (χ0) is 16.8. The Morgan fingerprint density at radius 1 is 1.04 bits per heavy atom. The van der Waals surface area contributed by atoms with Crippen molar-refractivity contribution in [1.29, 1.82) is 0 Å². The van der Waals surface area contributed by atoms with E-state index < -0.39 is 0 Å². The summed E-state index contributed by atoms with van der Waals surface area (Å²) in [6, 6.07) is 8.13. The molecule has 2 aromatic heterocycles. The standard InChI is InChI=1S/C18H26N6/c1-3-4-8-20-18-21-15(2)14-17(22-18)24-12-10-23(11-13-24)16-7-5-6-9-19-16/h5-7,9,14H,3-4,8,10-13H2,1-2H3,(H,20,21,22). The number of hydrogen-bond acceptors (Lipinski definition) is 6. The molecule has 128 valence electrons. The number of nitrogens with one attached hydrogen (secondary N) is 1. The fraction of sp³-hybridized carbons (Fsp3) is 0.500. The molecule has 1 fully saturated rings. The van der Waals surface area contributed by atoms with E-state index in [1.165, 1.54) is 6.42 Å². The van der Waals surface area contributed by atoms with Gasteiger partial charge in [-0.1, -0.05) is 19.4 Å². The summed E-state index contributed by atoms with van der Waals surface area (Å²) >= 11 is 0. The maximum Gasteiger partial charge on any atom is 0.224 e. The van der Waals surface area contributed by atoms with Crippen LogP contribution in [-0.4, -0.2) is 47.7 Å². The lowest BCUT2D eigenvalue weighted by Crippen LogP contribution is -2.47. The van der Waals surface area contributed by atoms with Crippen molar-refractivity contribution in [3.05, 3.63) is 36.2 Å². The quantitative estimate of drug-likeness (QED) is 0.824. The normalized spacial score (nSPS) is 14.8. The molecule has 0 spiro atoms. The van der Waals surface area contributed by atoms with Crippen molar-refractivity contribution in [3.63, 3.8) is 0 Å². The molecular weight excluding hydrogens is 300 g/mol. The fourth-order valence-corrected chi connectivity index (χ4v) is 2.88. The summed E-state index contributed by atoms with van der Waals surface area (Å²) in [6.45, 7) is 8.94. The first kappa shape index (κ1) is 16.5. The number of unbranched alkanes of at least 4 members (excludes halogenated alkanes) is 1. The maximum absolute atomic E-state index is 4.70. The molecule has 0 bridgehead atoms. The summed E-state index contributed by atoms with van der Waals surface area (Å²) in [4.78, 5) is 18.3. The molecular formula is C18H26N6. The van der Waals surface area contributed by atoms with Crippen LogP contribution in [0.15, 0.2) is 30.5 Å². The highest BCUT2D eigenvalue weighted by Gasteiger charge is 2.19. The molecule has 0 amide bonds. The minimum Gasteiger partial charge on any atom is -0.354 e. The molecule has 0 aromatic carbocycles. The van der Waals surface area contributed by atoms with Crippen LogP contribution in [0.2, 0.25) is 0 Å². The molecule has 0 atom stereocenters. The second-order valence-corrected chi connectivity index (χ2v) is 6.13. The van der Waals surface area contributed by atoms with Gasteiger partial charge in [-0.3, -0.25) is 0 Å². The zero-order valence-corrected chi connectivity index (χ0v) is 14.6. The Balaban J connectivity index is 1.63. The Hall–Kier alpha value is -2.37. The molecule has 0 unspecified atom stereocenters. The van der Waals surface area contributed by atoms with Gasteiger partial charge in [0, 0.05) is 50.7 Å². The first-order valence-corrected chi connectivity index (χ1v) is 8.77. The summed E-state index contributed by atoms with van der Waals surface area (Å²) in [5, 5.41) is 3.33. The minimum atomic E-state index is 0.741. The van der Waals surface area contributed by atoms with Crippen LogP contribution in [0.25, 0.3) is 0 Å². The van der Waals surface area contributed by atoms with Gasteiger partial charge in [-0.15, -0.1) is 0 Å². The van der Waals surface area contributed by atoms with E-state index in [9.17, 15) is 0 Å². The van der Waals surface area contributed by atoms with Crippen LogP contribution in [0.1, 0.15) is 25.5 Å². The topological polar surface area (TPSA) is 57.2 Å². The first-order chi connectivity index (χ1) is 11.8. The second-order valence-electron chi connectivity index (χ2n) is 6.13. The summed E-state index contributed by atoms with van der Waals surface area (Å²) in [5.74, 6) is 2.81. The molecule has 6 nitrogen and oxygen atoms in total. The van der Waals surface area contributed by atoms with Gasteiger partial charge in [0.15, 0.2) is 0 Å². The monoisotopic (exact) mass is 326 g/mol. The Morgan fingerprint density at radius 3 is 2.46 bits per heavy atom. The molecule has 0 aliphatic carbocycles. The molecule has 0 radical (unpaired) electrons. The van der Waals surface area contributed by atoms with Gasteiger partial charge in [-0.25, -0.2) is 9.97 Å². The third-order valence-corrected chi connectivity index (χ3v) is 4.23. The first-order valence-electron chi connectivity index (χ1n) is 8.77. The minimum absolute atomic E-state index is 0.741. The van der Waals surface area contributed by atoms with Gasteiger partial charge in [0.05, 0.1) is 0 Å². The summed E-state index contributed by atoms with van der Waals surface area (Å²) in [7, 11) is 0. The number of nitrogens with zero attached hydrogens (tertiary/aromatic N) is 5. The number of rotatable bonds is 6. The van der Waals surface area contributed by atoms with Crippen molar-refractivity contribution in [2.75, 3.05) is 47.8 Å². The van der Waals surface area contributed by atoms with Crippen molar-refractivity contribution >= 4 is 17.6 Å². The fourth-order valence-electron chi connectivity index (χ4n) is 2.88. The smallest absolute Gasteiger partial charge is 0.224 e. The average molecular weight is 326 g/mol. The zero-order valence-electron chi connectivity index (χ0n) is 14.6. The van der Waals surface area contributed by atoms with Crippen LogP contribution >= 0.6 is 0 Å². The van der Waals surface area contributed by atoms with E-state index in [1.54, 1.807) is 0 Å². The van der Waals surface area contributed by atoms with Crippen molar-refractivity contribution in [1.82, 2.24) is 15.0 Å². The van der Waals surface area contributed by atoms with Crippen LogP contribution in [0.5, 0.6) is 0 Å². The Labute approximate surface area is 143 Å². The lowest BCUT2D eigenvalue weighted by atomic mass is 10.3. The number of piperazine rings is 1. The number of anilines is 3. The average Bonchev–Trinajstić information content (AvgIpc) is 2.62. The number of aromatic nitrogens is 3. The van der Waals surface area contributed by atoms with Crippen molar-refractivity contribution in [2.24, 2.45) is 0 Å². The molecule has 6 heteroatoms. The van der Waals surface area contributed by atoms with Gasteiger partial charge in [0.2, 0.25) is 5.95 Å². The van der Waals surface area contributed by atoms with E-state index in [2.05, 4.69) is 44.1 Å². The van der Waals surface area contributed by atoms with E-state index in [4.69, 9.17) is 4.98 Å². The highest BCUT2D eigenvalue weighted by Crippen LogP contribution is 2.19. The molecule has 1 aliphatic heterocycles. The van der Waals surface area contributed by atoms with Gasteiger partial charge in [-0.05, 0) is 25.5 Å². The molecule has 3 heterocycles. The van der Waals surface area contributed by atoms with Crippen LogP contribution < -0.4 is 15.1 Å². The van der Waals surface area contributed by atoms with E-state index in [-0.39, 0.29) is 0 Å². The highest BCUT2D eigenvalue weighted by molar-refractivity contribution is 5.47. The van der Waals surface area contributed by atoms with Gasteiger partial charge in [0.1, 0.15) is 11.6 Å². The molecule has 24 heavy (non-hydrogen) atoms. The molecule has 1 saturated heterocycles. The lowest BCUT2D eigenvalue weighted by molar-refractivity contribution is 0.641. The second kappa shape index (κ2) is 7.95. The summed E-state index contributed by atoms with van der Waals surface area (Å²) < 4.78 is 0. The molecule has 3 rings (SSSR count). The van der Waals surface area contributed by atoms with Gasteiger partial charge in [0.25, 0.3) is 0 Å².